The maximum atomic E-state index is 3.78. The van der Waals surface area contributed by atoms with E-state index in [-0.39, 0.29) is 0 Å². The number of rotatable bonds is 0. The Hall–Kier alpha value is 0.580. The number of fused-ring (bicyclic) bond motifs is 4. The SMILES string of the molecule is Cc1c2cccc1CSCc1c(C)c(c(Br)c(Br)c1Br)CSC2. The molecule has 0 atom stereocenters. The third-order valence-electron chi connectivity index (χ3n) is 4.39. The highest BCUT2D eigenvalue weighted by Gasteiger charge is 2.18. The van der Waals surface area contributed by atoms with Gasteiger partial charge in [-0.2, -0.15) is 23.5 Å². The molecule has 0 nitrogen and oxygen atoms in total. The van der Waals surface area contributed by atoms with Crippen molar-refractivity contribution in [2.45, 2.75) is 36.9 Å². The largest absolute Gasteiger partial charge is 0.152 e. The number of benzene rings is 2. The fourth-order valence-corrected chi connectivity index (χ4v) is 7.58. The first-order valence-electron chi connectivity index (χ1n) is 7.38. The molecule has 0 spiro atoms. The molecule has 0 saturated heterocycles. The molecule has 1 aliphatic rings. The van der Waals surface area contributed by atoms with Gasteiger partial charge in [0.05, 0.1) is 0 Å². The van der Waals surface area contributed by atoms with Crippen molar-refractivity contribution in [3.05, 3.63) is 65.0 Å². The second-order valence-corrected chi connectivity index (χ2v) is 10.1. The highest BCUT2D eigenvalue weighted by atomic mass is 79.9. The third-order valence-corrected chi connectivity index (χ3v) is 10.0. The zero-order valence-corrected chi connectivity index (χ0v) is 19.4. The highest BCUT2D eigenvalue weighted by Crippen LogP contribution is 2.42. The van der Waals surface area contributed by atoms with E-state index in [4.69, 9.17) is 0 Å². The Balaban J connectivity index is 2.04. The number of hydrogen-bond acceptors (Lipinski definition) is 2. The molecule has 122 valence electrons. The zero-order valence-electron chi connectivity index (χ0n) is 13.0. The average Bonchev–Trinajstić information content (AvgIpc) is 2.54. The van der Waals surface area contributed by atoms with Crippen molar-refractivity contribution in [1.29, 1.82) is 0 Å². The lowest BCUT2D eigenvalue weighted by molar-refractivity contribution is 1.16. The first kappa shape index (κ1) is 18.4. The highest BCUT2D eigenvalue weighted by molar-refractivity contribution is 9.14. The van der Waals surface area contributed by atoms with E-state index in [1.807, 2.05) is 23.5 Å². The van der Waals surface area contributed by atoms with E-state index in [0.717, 1.165) is 27.5 Å². The second kappa shape index (κ2) is 7.86. The number of thioether (sulfide) groups is 2. The van der Waals surface area contributed by atoms with Crippen LogP contribution in [0.4, 0.5) is 0 Å². The van der Waals surface area contributed by atoms with Crippen molar-refractivity contribution in [2.75, 3.05) is 0 Å². The van der Waals surface area contributed by atoms with E-state index in [9.17, 15) is 0 Å². The summed E-state index contributed by atoms with van der Waals surface area (Å²) in [6.07, 6.45) is 0. The van der Waals surface area contributed by atoms with Gasteiger partial charge in [-0.05, 0) is 95.0 Å². The molecule has 0 aromatic heterocycles. The van der Waals surface area contributed by atoms with Crippen LogP contribution in [0.2, 0.25) is 0 Å². The summed E-state index contributed by atoms with van der Waals surface area (Å²) in [5.41, 5.74) is 8.64. The Morgan fingerprint density at radius 1 is 0.696 bits per heavy atom. The molecule has 0 aliphatic carbocycles. The van der Waals surface area contributed by atoms with E-state index in [1.165, 1.54) is 42.3 Å². The topological polar surface area (TPSA) is 0 Å². The molecule has 23 heavy (non-hydrogen) atoms. The Labute approximate surface area is 172 Å². The lowest BCUT2D eigenvalue weighted by atomic mass is 10.0. The van der Waals surface area contributed by atoms with Gasteiger partial charge >= 0.3 is 0 Å². The summed E-state index contributed by atoms with van der Waals surface area (Å²) in [5.74, 6) is 4.19. The smallest absolute Gasteiger partial charge is 0.0465 e. The van der Waals surface area contributed by atoms with Gasteiger partial charge in [0.15, 0.2) is 0 Å². The van der Waals surface area contributed by atoms with E-state index in [2.05, 4.69) is 79.8 Å². The van der Waals surface area contributed by atoms with Gasteiger partial charge in [0.1, 0.15) is 0 Å². The molecular weight excluding hydrogens is 520 g/mol. The van der Waals surface area contributed by atoms with Crippen LogP contribution in [-0.2, 0) is 23.0 Å². The van der Waals surface area contributed by atoms with Crippen LogP contribution in [0.15, 0.2) is 31.6 Å². The predicted octanol–water partition coefficient (Wildman–Crippen LogP) is 7.77. The van der Waals surface area contributed by atoms with Crippen LogP contribution in [0, 0.1) is 13.8 Å². The molecule has 4 bridgehead atoms. The van der Waals surface area contributed by atoms with E-state index in [0.29, 0.717) is 0 Å². The van der Waals surface area contributed by atoms with Gasteiger partial charge in [-0.25, -0.2) is 0 Å². The molecule has 0 fully saturated rings. The average molecular weight is 537 g/mol. The summed E-state index contributed by atoms with van der Waals surface area (Å²) >= 11 is 15.3. The summed E-state index contributed by atoms with van der Waals surface area (Å²) in [5, 5.41) is 0. The van der Waals surface area contributed by atoms with Crippen LogP contribution >= 0.6 is 71.3 Å². The summed E-state index contributed by atoms with van der Waals surface area (Å²) < 4.78 is 3.51. The standard InChI is InChI=1S/C18H17Br3S2/c1-10-12-4-3-5-13(10)7-23-9-15-11(2)14(8-22-6-12)16(19)18(21)17(15)20/h3-5H,6-9H2,1-2H3. The molecule has 2 aromatic carbocycles. The molecule has 0 saturated carbocycles. The van der Waals surface area contributed by atoms with Crippen LogP contribution in [0.25, 0.3) is 0 Å². The Bertz CT molecular complexity index is 701. The van der Waals surface area contributed by atoms with Crippen LogP contribution in [0.1, 0.15) is 33.4 Å². The molecule has 0 radical (unpaired) electrons. The van der Waals surface area contributed by atoms with Gasteiger partial charge < -0.3 is 0 Å². The fraction of sp³-hybridized carbons (Fsp3) is 0.333. The van der Waals surface area contributed by atoms with Gasteiger partial charge in [-0.3, -0.25) is 0 Å². The predicted molar refractivity (Wildman–Crippen MR) is 115 cm³/mol. The Kier molecular flexibility index (Phi) is 6.28. The Morgan fingerprint density at radius 2 is 1.17 bits per heavy atom. The first-order valence-corrected chi connectivity index (χ1v) is 12.1. The van der Waals surface area contributed by atoms with Crippen molar-refractivity contribution in [3.8, 4) is 0 Å². The van der Waals surface area contributed by atoms with Crippen LogP contribution in [0.3, 0.4) is 0 Å². The van der Waals surface area contributed by atoms with Crippen LogP contribution in [-0.4, -0.2) is 0 Å². The fourth-order valence-electron chi connectivity index (χ4n) is 2.79. The van der Waals surface area contributed by atoms with Crippen molar-refractivity contribution in [1.82, 2.24) is 0 Å². The summed E-state index contributed by atoms with van der Waals surface area (Å²) in [6, 6.07) is 6.75. The molecule has 0 N–H and O–H groups in total. The Morgan fingerprint density at radius 3 is 1.65 bits per heavy atom. The minimum atomic E-state index is 1.03. The van der Waals surface area contributed by atoms with Gasteiger partial charge in [0.25, 0.3) is 0 Å². The van der Waals surface area contributed by atoms with Gasteiger partial charge in [-0.1, -0.05) is 18.2 Å². The summed E-state index contributed by atoms with van der Waals surface area (Å²) in [6.45, 7) is 4.52. The molecule has 5 heteroatoms. The zero-order chi connectivity index (χ0) is 16.6. The lowest BCUT2D eigenvalue weighted by Crippen LogP contribution is -2.01. The van der Waals surface area contributed by atoms with Crippen LogP contribution < -0.4 is 0 Å². The summed E-state index contributed by atoms with van der Waals surface area (Å²) in [7, 11) is 0. The van der Waals surface area contributed by atoms with Crippen molar-refractivity contribution in [3.63, 3.8) is 0 Å². The van der Waals surface area contributed by atoms with Crippen molar-refractivity contribution in [2.24, 2.45) is 0 Å². The quantitative estimate of drug-likeness (QED) is 0.315. The van der Waals surface area contributed by atoms with Crippen molar-refractivity contribution < 1.29 is 0 Å². The molecule has 0 amide bonds. The normalized spacial score (nSPS) is 15.0. The van der Waals surface area contributed by atoms with E-state index >= 15 is 0 Å². The lowest BCUT2D eigenvalue weighted by Gasteiger charge is -2.20. The second-order valence-electron chi connectivity index (χ2n) is 5.71. The molecule has 0 unspecified atom stereocenters. The minimum absolute atomic E-state index is 1.03. The van der Waals surface area contributed by atoms with Crippen LogP contribution in [0.5, 0.6) is 0 Å². The maximum Gasteiger partial charge on any atom is 0.0465 e. The summed E-state index contributed by atoms with van der Waals surface area (Å²) in [4.78, 5) is 0. The van der Waals surface area contributed by atoms with Gasteiger partial charge in [-0.15, -0.1) is 0 Å². The maximum absolute atomic E-state index is 3.78. The molecular formula is C18H17Br3S2. The van der Waals surface area contributed by atoms with Crippen molar-refractivity contribution >= 4 is 71.3 Å². The van der Waals surface area contributed by atoms with E-state index in [1.54, 1.807) is 0 Å². The molecule has 1 heterocycles. The van der Waals surface area contributed by atoms with E-state index < -0.39 is 0 Å². The van der Waals surface area contributed by atoms with Gasteiger partial charge in [0, 0.05) is 36.4 Å². The molecule has 2 aromatic rings. The first-order chi connectivity index (χ1) is 11.0. The minimum Gasteiger partial charge on any atom is -0.152 e. The molecule has 3 rings (SSSR count). The number of hydrogen-bond donors (Lipinski definition) is 0. The van der Waals surface area contributed by atoms with Gasteiger partial charge in [0.2, 0.25) is 0 Å². The molecule has 1 aliphatic heterocycles. The monoisotopic (exact) mass is 534 g/mol. The number of halogens is 3. The third kappa shape index (κ3) is 3.74.